The second kappa shape index (κ2) is 4.01. The van der Waals surface area contributed by atoms with Crippen molar-refractivity contribution in [2.75, 3.05) is 5.32 Å². The van der Waals surface area contributed by atoms with Crippen LogP contribution in [-0.4, -0.2) is 5.91 Å². The summed E-state index contributed by atoms with van der Waals surface area (Å²) in [5.41, 5.74) is 1.82. The summed E-state index contributed by atoms with van der Waals surface area (Å²) in [4.78, 5) is 11.5. The molecule has 3 heteroatoms. The van der Waals surface area contributed by atoms with Crippen LogP contribution in [0.15, 0.2) is 24.3 Å². The van der Waals surface area contributed by atoms with E-state index in [1.54, 1.807) is 0 Å². The second-order valence-electron chi connectivity index (χ2n) is 3.55. The van der Waals surface area contributed by atoms with Crippen molar-refractivity contribution >= 4 is 23.2 Å². The van der Waals surface area contributed by atoms with E-state index in [1.807, 2.05) is 24.3 Å². The Morgan fingerprint density at radius 2 is 2.14 bits per heavy atom. The summed E-state index contributed by atoms with van der Waals surface area (Å²) in [6.45, 7) is 0. The van der Waals surface area contributed by atoms with Gasteiger partial charge in [0.1, 0.15) is 0 Å². The van der Waals surface area contributed by atoms with Crippen molar-refractivity contribution in [3.8, 4) is 0 Å². The van der Waals surface area contributed by atoms with Crippen LogP contribution in [0.5, 0.6) is 0 Å². The van der Waals surface area contributed by atoms with E-state index in [2.05, 4.69) is 5.32 Å². The molecular weight excluding hydrogens is 198 g/mol. The van der Waals surface area contributed by atoms with Gasteiger partial charge >= 0.3 is 0 Å². The van der Waals surface area contributed by atoms with Crippen LogP contribution in [0.2, 0.25) is 0 Å². The minimum Gasteiger partial charge on any atom is -0.326 e. The van der Waals surface area contributed by atoms with Gasteiger partial charge in [-0.05, 0) is 24.5 Å². The van der Waals surface area contributed by atoms with Gasteiger partial charge in [0.05, 0.1) is 0 Å². The van der Waals surface area contributed by atoms with Crippen LogP contribution in [0.25, 0.3) is 0 Å². The first-order chi connectivity index (χ1) is 6.81. The molecule has 74 valence electrons. The number of carbonyl (C=O) groups excluding carboxylic acids is 1. The number of nitrogens with one attached hydrogen (secondary N) is 1. The predicted octanol–water partition coefficient (Wildman–Crippen LogP) is 2.77. The number of benzene rings is 1. The lowest BCUT2D eigenvalue weighted by atomic mass is 10.2. The fourth-order valence-electron chi connectivity index (χ4n) is 1.34. The van der Waals surface area contributed by atoms with Gasteiger partial charge in [0.15, 0.2) is 0 Å². The number of anilines is 1. The summed E-state index contributed by atoms with van der Waals surface area (Å²) in [6, 6.07) is 7.64. The van der Waals surface area contributed by atoms with Crippen molar-refractivity contribution in [3.63, 3.8) is 0 Å². The Labute approximate surface area is 88.3 Å². The van der Waals surface area contributed by atoms with E-state index in [9.17, 15) is 4.79 Å². The molecule has 2 rings (SSSR count). The molecule has 1 fully saturated rings. The number of carbonyl (C=O) groups is 1. The molecule has 1 saturated carbocycles. The number of para-hydroxylation sites is 1. The van der Waals surface area contributed by atoms with E-state index in [-0.39, 0.29) is 11.8 Å². The SMILES string of the molecule is O=C(Nc1ccccc1CCl)C1CC1. The molecular formula is C11H12ClNO. The highest BCUT2D eigenvalue weighted by molar-refractivity contribution is 6.17. The second-order valence-corrected chi connectivity index (χ2v) is 3.82. The lowest BCUT2D eigenvalue weighted by molar-refractivity contribution is -0.117. The molecule has 0 heterocycles. The Kier molecular flexibility index (Phi) is 2.73. The quantitative estimate of drug-likeness (QED) is 0.763. The molecule has 0 aromatic heterocycles. The number of hydrogen-bond donors (Lipinski definition) is 1. The monoisotopic (exact) mass is 209 g/mol. The number of hydrogen-bond acceptors (Lipinski definition) is 1. The zero-order valence-corrected chi connectivity index (χ0v) is 8.55. The van der Waals surface area contributed by atoms with Gasteiger partial charge in [-0.2, -0.15) is 0 Å². The van der Waals surface area contributed by atoms with Crippen molar-refractivity contribution in [1.82, 2.24) is 0 Å². The third kappa shape index (κ3) is 2.07. The molecule has 0 bridgehead atoms. The summed E-state index contributed by atoms with van der Waals surface area (Å²) >= 11 is 5.76. The molecule has 1 aliphatic carbocycles. The maximum Gasteiger partial charge on any atom is 0.227 e. The van der Waals surface area contributed by atoms with Crippen molar-refractivity contribution in [2.24, 2.45) is 5.92 Å². The van der Waals surface area contributed by atoms with Crippen molar-refractivity contribution in [3.05, 3.63) is 29.8 Å². The van der Waals surface area contributed by atoms with Crippen LogP contribution >= 0.6 is 11.6 Å². The average Bonchev–Trinajstić information content (AvgIpc) is 3.02. The normalized spacial score (nSPS) is 15.2. The van der Waals surface area contributed by atoms with E-state index in [0.29, 0.717) is 5.88 Å². The Bertz CT molecular complexity index is 347. The van der Waals surface area contributed by atoms with Gasteiger partial charge in [0.25, 0.3) is 0 Å². The van der Waals surface area contributed by atoms with Gasteiger partial charge in [-0.1, -0.05) is 18.2 Å². The first-order valence-electron chi connectivity index (χ1n) is 4.76. The first-order valence-corrected chi connectivity index (χ1v) is 5.29. The van der Waals surface area contributed by atoms with Crippen LogP contribution in [0.4, 0.5) is 5.69 Å². The van der Waals surface area contributed by atoms with Gasteiger partial charge < -0.3 is 5.32 Å². The third-order valence-electron chi connectivity index (χ3n) is 2.37. The van der Waals surface area contributed by atoms with Crippen LogP contribution in [0.1, 0.15) is 18.4 Å². The largest absolute Gasteiger partial charge is 0.326 e. The molecule has 2 nitrogen and oxygen atoms in total. The van der Waals surface area contributed by atoms with E-state index in [1.165, 1.54) is 0 Å². The molecule has 0 spiro atoms. The number of alkyl halides is 1. The fraction of sp³-hybridized carbons (Fsp3) is 0.364. The zero-order valence-electron chi connectivity index (χ0n) is 7.79. The summed E-state index contributed by atoms with van der Waals surface area (Å²) in [5.74, 6) is 0.794. The van der Waals surface area contributed by atoms with Gasteiger partial charge in [-0.25, -0.2) is 0 Å². The van der Waals surface area contributed by atoms with Gasteiger partial charge in [0, 0.05) is 17.5 Å². The molecule has 1 N–H and O–H groups in total. The topological polar surface area (TPSA) is 29.1 Å². The molecule has 0 unspecified atom stereocenters. The fourth-order valence-corrected chi connectivity index (χ4v) is 1.57. The van der Waals surface area contributed by atoms with Crippen LogP contribution in [0, 0.1) is 5.92 Å². The molecule has 0 radical (unpaired) electrons. The molecule has 0 atom stereocenters. The summed E-state index contributed by atoms with van der Waals surface area (Å²) in [7, 11) is 0. The molecule has 14 heavy (non-hydrogen) atoms. The zero-order chi connectivity index (χ0) is 9.97. The van der Waals surface area contributed by atoms with Crippen molar-refractivity contribution < 1.29 is 4.79 Å². The lowest BCUT2D eigenvalue weighted by Gasteiger charge is -2.07. The maximum absolute atomic E-state index is 11.5. The van der Waals surface area contributed by atoms with Gasteiger partial charge in [0.2, 0.25) is 5.91 Å². The average molecular weight is 210 g/mol. The lowest BCUT2D eigenvalue weighted by Crippen LogP contribution is -2.14. The standard InChI is InChI=1S/C11H12ClNO/c12-7-9-3-1-2-4-10(9)13-11(14)8-5-6-8/h1-4,8H,5-7H2,(H,13,14). The smallest absolute Gasteiger partial charge is 0.227 e. The predicted molar refractivity (Wildman–Crippen MR) is 57.4 cm³/mol. The Balaban J connectivity index is 2.10. The minimum atomic E-state index is 0.127. The first kappa shape index (κ1) is 9.53. The molecule has 1 amide bonds. The molecule has 1 aromatic rings. The van der Waals surface area contributed by atoms with Crippen molar-refractivity contribution in [2.45, 2.75) is 18.7 Å². The van der Waals surface area contributed by atoms with Gasteiger partial charge in [-0.3, -0.25) is 4.79 Å². The molecule has 0 saturated heterocycles. The Morgan fingerprint density at radius 1 is 1.43 bits per heavy atom. The van der Waals surface area contributed by atoms with E-state index >= 15 is 0 Å². The highest BCUT2D eigenvalue weighted by atomic mass is 35.5. The van der Waals surface area contributed by atoms with Gasteiger partial charge in [-0.15, -0.1) is 11.6 Å². The van der Waals surface area contributed by atoms with E-state index in [4.69, 9.17) is 11.6 Å². The number of rotatable bonds is 3. The van der Waals surface area contributed by atoms with Crippen LogP contribution in [-0.2, 0) is 10.7 Å². The summed E-state index contributed by atoms with van der Waals surface area (Å²) in [6.07, 6.45) is 2.05. The Hall–Kier alpha value is -1.02. The minimum absolute atomic E-state index is 0.127. The highest BCUT2D eigenvalue weighted by Gasteiger charge is 2.29. The highest BCUT2D eigenvalue weighted by Crippen LogP contribution is 2.30. The van der Waals surface area contributed by atoms with Crippen LogP contribution < -0.4 is 5.32 Å². The molecule has 1 aromatic carbocycles. The summed E-state index contributed by atoms with van der Waals surface area (Å²) < 4.78 is 0. The molecule has 0 aliphatic heterocycles. The molecule has 1 aliphatic rings. The van der Waals surface area contributed by atoms with Crippen LogP contribution in [0.3, 0.4) is 0 Å². The van der Waals surface area contributed by atoms with Crippen molar-refractivity contribution in [1.29, 1.82) is 0 Å². The summed E-state index contributed by atoms with van der Waals surface area (Å²) in [5, 5.41) is 2.90. The van der Waals surface area contributed by atoms with E-state index in [0.717, 1.165) is 24.1 Å². The van der Waals surface area contributed by atoms with E-state index < -0.39 is 0 Å². The number of amides is 1. The third-order valence-corrected chi connectivity index (χ3v) is 2.66. The maximum atomic E-state index is 11.5. The number of halogens is 1. The Morgan fingerprint density at radius 3 is 2.79 bits per heavy atom.